The van der Waals surface area contributed by atoms with E-state index in [-0.39, 0.29) is 31.6 Å². The fraction of sp³-hybridized carbons (Fsp3) is 0.636. The predicted molar refractivity (Wildman–Crippen MR) is 67.3 cm³/mol. The van der Waals surface area contributed by atoms with Gasteiger partial charge in [-0.2, -0.15) is 0 Å². The molecular formula is C11H19N5O3. The first-order chi connectivity index (χ1) is 8.91. The number of aromatic nitrogens is 3. The molecule has 8 nitrogen and oxygen atoms in total. The Morgan fingerprint density at radius 3 is 2.68 bits per heavy atom. The number of amides is 2. The van der Waals surface area contributed by atoms with Crippen molar-refractivity contribution in [2.45, 2.75) is 32.9 Å². The monoisotopic (exact) mass is 269 g/mol. The lowest BCUT2D eigenvalue weighted by atomic mass is 10.3. The normalized spacial score (nSPS) is 10.5. The van der Waals surface area contributed by atoms with E-state index in [1.807, 2.05) is 13.8 Å². The Morgan fingerprint density at radius 1 is 1.53 bits per heavy atom. The van der Waals surface area contributed by atoms with Crippen LogP contribution in [0, 0.1) is 0 Å². The average molecular weight is 269 g/mol. The van der Waals surface area contributed by atoms with Gasteiger partial charge in [-0.05, 0) is 13.8 Å². The smallest absolute Gasteiger partial charge is 0.318 e. The molecule has 0 saturated carbocycles. The van der Waals surface area contributed by atoms with Crippen LogP contribution in [0.15, 0.2) is 6.33 Å². The Hall–Kier alpha value is -2.12. The largest absolute Gasteiger partial charge is 0.481 e. The van der Waals surface area contributed by atoms with Gasteiger partial charge in [-0.1, -0.05) is 0 Å². The van der Waals surface area contributed by atoms with Gasteiger partial charge in [0.25, 0.3) is 0 Å². The molecule has 0 unspecified atom stereocenters. The predicted octanol–water partition coefficient (Wildman–Crippen LogP) is 0.210. The number of carbonyl (C=O) groups excluding carboxylic acids is 1. The van der Waals surface area contributed by atoms with Gasteiger partial charge in [0.1, 0.15) is 6.33 Å². The quantitative estimate of drug-likeness (QED) is 0.769. The zero-order valence-electron chi connectivity index (χ0n) is 11.3. The van der Waals surface area contributed by atoms with Crippen molar-refractivity contribution in [1.82, 2.24) is 25.0 Å². The lowest BCUT2D eigenvalue weighted by Gasteiger charge is -2.26. The van der Waals surface area contributed by atoms with Gasteiger partial charge in [0.05, 0.1) is 13.0 Å². The number of carboxylic acids is 1. The second-order valence-electron chi connectivity index (χ2n) is 4.45. The fourth-order valence-corrected chi connectivity index (χ4v) is 1.53. The molecule has 0 aliphatic rings. The van der Waals surface area contributed by atoms with Crippen LogP contribution in [0.25, 0.3) is 0 Å². The van der Waals surface area contributed by atoms with Crippen LogP contribution < -0.4 is 5.32 Å². The van der Waals surface area contributed by atoms with Crippen LogP contribution in [0.4, 0.5) is 4.79 Å². The highest BCUT2D eigenvalue weighted by Gasteiger charge is 2.18. The van der Waals surface area contributed by atoms with Gasteiger partial charge in [-0.15, -0.1) is 10.2 Å². The van der Waals surface area contributed by atoms with Crippen LogP contribution in [0.2, 0.25) is 0 Å². The van der Waals surface area contributed by atoms with Crippen molar-refractivity contribution in [3.8, 4) is 0 Å². The van der Waals surface area contributed by atoms with Gasteiger partial charge in [-0.25, -0.2) is 4.79 Å². The molecule has 19 heavy (non-hydrogen) atoms. The zero-order chi connectivity index (χ0) is 14.4. The maximum absolute atomic E-state index is 12.0. The number of hydrogen-bond acceptors (Lipinski definition) is 4. The van der Waals surface area contributed by atoms with Crippen molar-refractivity contribution >= 4 is 12.0 Å². The van der Waals surface area contributed by atoms with E-state index in [4.69, 9.17) is 5.11 Å². The highest BCUT2D eigenvalue weighted by Crippen LogP contribution is 2.01. The minimum Gasteiger partial charge on any atom is -0.481 e. The first-order valence-electron chi connectivity index (χ1n) is 6.01. The number of hydrogen-bond donors (Lipinski definition) is 2. The maximum Gasteiger partial charge on any atom is 0.318 e. The second-order valence-corrected chi connectivity index (χ2v) is 4.45. The van der Waals surface area contributed by atoms with Gasteiger partial charge in [0.15, 0.2) is 5.82 Å². The van der Waals surface area contributed by atoms with Gasteiger partial charge < -0.3 is 19.9 Å². The molecule has 0 aromatic carbocycles. The summed E-state index contributed by atoms with van der Waals surface area (Å²) in [7, 11) is 1.78. The molecular weight excluding hydrogens is 250 g/mol. The Balaban J connectivity index is 2.52. The van der Waals surface area contributed by atoms with Crippen molar-refractivity contribution in [2.75, 3.05) is 6.54 Å². The standard InChI is InChI=1S/C11H19N5O3/c1-8(2)16(5-4-10(17)18)11(19)12-6-9-14-13-7-15(9)3/h7-8H,4-6H2,1-3H3,(H,12,19)(H,17,18). The summed E-state index contributed by atoms with van der Waals surface area (Å²) in [5, 5.41) is 18.9. The second kappa shape index (κ2) is 6.72. The van der Waals surface area contributed by atoms with Crippen LogP contribution in [0.1, 0.15) is 26.1 Å². The van der Waals surface area contributed by atoms with E-state index in [1.165, 1.54) is 4.90 Å². The molecule has 1 heterocycles. The Morgan fingerprint density at radius 2 is 2.21 bits per heavy atom. The third-order valence-corrected chi connectivity index (χ3v) is 2.65. The fourth-order valence-electron chi connectivity index (χ4n) is 1.53. The van der Waals surface area contributed by atoms with E-state index in [0.29, 0.717) is 5.82 Å². The molecule has 0 aliphatic heterocycles. The molecule has 0 aliphatic carbocycles. The number of rotatable bonds is 6. The number of nitrogens with zero attached hydrogens (tertiary/aromatic N) is 4. The van der Waals surface area contributed by atoms with E-state index < -0.39 is 5.97 Å². The van der Waals surface area contributed by atoms with E-state index in [0.717, 1.165) is 0 Å². The summed E-state index contributed by atoms with van der Waals surface area (Å²) in [5.41, 5.74) is 0. The summed E-state index contributed by atoms with van der Waals surface area (Å²) in [5.74, 6) is -0.290. The zero-order valence-corrected chi connectivity index (χ0v) is 11.3. The molecule has 0 bridgehead atoms. The summed E-state index contributed by atoms with van der Waals surface area (Å²) in [6, 6.07) is -0.377. The Bertz CT molecular complexity index is 443. The third-order valence-electron chi connectivity index (χ3n) is 2.65. The van der Waals surface area contributed by atoms with Crippen LogP contribution in [-0.4, -0.2) is 49.4 Å². The molecule has 0 atom stereocenters. The SMILES string of the molecule is CC(C)N(CCC(=O)O)C(=O)NCc1nncn1C. The van der Waals surface area contributed by atoms with Crippen LogP contribution in [0.3, 0.4) is 0 Å². The van der Waals surface area contributed by atoms with Crippen LogP contribution in [0.5, 0.6) is 0 Å². The van der Waals surface area contributed by atoms with E-state index in [1.54, 1.807) is 17.9 Å². The summed E-state index contributed by atoms with van der Waals surface area (Å²) >= 11 is 0. The minimum atomic E-state index is -0.924. The van der Waals surface area contributed by atoms with Crippen LogP contribution in [-0.2, 0) is 18.4 Å². The summed E-state index contributed by atoms with van der Waals surface area (Å²) < 4.78 is 1.71. The summed E-state index contributed by atoms with van der Waals surface area (Å²) in [4.78, 5) is 24.0. The first-order valence-corrected chi connectivity index (χ1v) is 6.01. The Labute approximate surface area is 111 Å². The Kier molecular flexibility index (Phi) is 5.28. The molecule has 8 heteroatoms. The first kappa shape index (κ1) is 14.9. The van der Waals surface area contributed by atoms with E-state index in [9.17, 15) is 9.59 Å². The molecule has 0 fully saturated rings. The van der Waals surface area contributed by atoms with Crippen molar-refractivity contribution < 1.29 is 14.7 Å². The number of aryl methyl sites for hydroxylation is 1. The lowest BCUT2D eigenvalue weighted by molar-refractivity contribution is -0.137. The number of carboxylic acid groups (broad SMARTS) is 1. The van der Waals surface area contributed by atoms with E-state index in [2.05, 4.69) is 15.5 Å². The maximum atomic E-state index is 12.0. The highest BCUT2D eigenvalue weighted by atomic mass is 16.4. The van der Waals surface area contributed by atoms with Crippen molar-refractivity contribution in [3.63, 3.8) is 0 Å². The van der Waals surface area contributed by atoms with Gasteiger partial charge in [0.2, 0.25) is 0 Å². The van der Waals surface area contributed by atoms with Gasteiger partial charge >= 0.3 is 12.0 Å². The molecule has 1 aromatic heterocycles. The molecule has 0 saturated heterocycles. The van der Waals surface area contributed by atoms with Crippen LogP contribution >= 0.6 is 0 Å². The molecule has 1 aromatic rings. The van der Waals surface area contributed by atoms with Gasteiger partial charge in [-0.3, -0.25) is 4.79 Å². The number of urea groups is 1. The van der Waals surface area contributed by atoms with Crippen molar-refractivity contribution in [2.24, 2.45) is 7.05 Å². The van der Waals surface area contributed by atoms with Crippen molar-refractivity contribution in [1.29, 1.82) is 0 Å². The van der Waals surface area contributed by atoms with Gasteiger partial charge in [0, 0.05) is 19.6 Å². The lowest BCUT2D eigenvalue weighted by Crippen LogP contribution is -2.44. The number of aliphatic carboxylic acids is 1. The number of carbonyl (C=O) groups is 2. The molecule has 2 amide bonds. The molecule has 0 spiro atoms. The molecule has 1 rings (SSSR count). The highest BCUT2D eigenvalue weighted by molar-refractivity contribution is 5.75. The number of nitrogens with one attached hydrogen (secondary N) is 1. The molecule has 2 N–H and O–H groups in total. The summed E-state index contributed by atoms with van der Waals surface area (Å²) in [6.07, 6.45) is 1.47. The average Bonchev–Trinajstić information content (AvgIpc) is 2.71. The summed E-state index contributed by atoms with van der Waals surface area (Å²) in [6.45, 7) is 4.11. The molecule has 0 radical (unpaired) electrons. The van der Waals surface area contributed by atoms with E-state index >= 15 is 0 Å². The topological polar surface area (TPSA) is 100 Å². The minimum absolute atomic E-state index is 0.0705. The third kappa shape index (κ3) is 4.57. The van der Waals surface area contributed by atoms with Crippen molar-refractivity contribution in [3.05, 3.63) is 12.2 Å². The molecule has 106 valence electrons.